The van der Waals surface area contributed by atoms with Gasteiger partial charge in [-0.25, -0.2) is 4.98 Å². The molecule has 0 aromatic carbocycles. The fourth-order valence-electron chi connectivity index (χ4n) is 2.78. The highest BCUT2D eigenvalue weighted by Gasteiger charge is 2.28. The Kier molecular flexibility index (Phi) is 2.90. The van der Waals surface area contributed by atoms with Crippen molar-refractivity contribution in [3.8, 4) is 0 Å². The Bertz CT molecular complexity index is 883. The number of hydrogen-bond acceptors (Lipinski definition) is 4. The number of pyridine rings is 1. The summed E-state index contributed by atoms with van der Waals surface area (Å²) in [7, 11) is 0. The van der Waals surface area contributed by atoms with E-state index in [-0.39, 0.29) is 11.1 Å². The van der Waals surface area contributed by atoms with Gasteiger partial charge in [-0.15, -0.1) is 10.2 Å². The van der Waals surface area contributed by atoms with Crippen LogP contribution < -0.4 is 0 Å². The third-order valence-corrected chi connectivity index (χ3v) is 4.18. The van der Waals surface area contributed by atoms with Crippen molar-refractivity contribution in [3.05, 3.63) is 46.9 Å². The van der Waals surface area contributed by atoms with Crippen LogP contribution in [0.25, 0.3) is 5.65 Å². The predicted molar refractivity (Wildman–Crippen MR) is 79.7 cm³/mol. The zero-order chi connectivity index (χ0) is 15.3. The Hall–Kier alpha value is -2.41. The lowest BCUT2D eigenvalue weighted by Crippen LogP contribution is -2.39. The summed E-state index contributed by atoms with van der Waals surface area (Å²) < 4.78 is 3.75. The number of amides is 1. The van der Waals surface area contributed by atoms with Crippen LogP contribution >= 0.6 is 11.6 Å². The molecular weight excluding hydrogens is 304 g/mol. The van der Waals surface area contributed by atoms with E-state index < -0.39 is 0 Å². The van der Waals surface area contributed by atoms with Crippen LogP contribution in [-0.2, 0) is 13.1 Å². The summed E-state index contributed by atoms with van der Waals surface area (Å²) in [6.07, 6.45) is 1.79. The minimum atomic E-state index is -0.143. The Labute approximate surface area is 131 Å². The standard InChI is InChI=1S/C14H13ClN6O/c1-9-17-18-11-8-19(6-7-20(9)11)14(22)12-13(15)16-10-4-2-3-5-21(10)12/h2-5H,6-8H2,1H3. The number of fused-ring (bicyclic) bond motifs is 2. The maximum Gasteiger partial charge on any atom is 0.274 e. The van der Waals surface area contributed by atoms with Gasteiger partial charge >= 0.3 is 0 Å². The minimum absolute atomic E-state index is 0.143. The summed E-state index contributed by atoms with van der Waals surface area (Å²) in [6, 6.07) is 5.52. The first kappa shape index (κ1) is 13.3. The van der Waals surface area contributed by atoms with E-state index in [0.29, 0.717) is 31.0 Å². The molecule has 1 aliphatic rings. The molecule has 7 nitrogen and oxygen atoms in total. The molecule has 4 rings (SSSR count). The number of aromatic nitrogens is 5. The van der Waals surface area contributed by atoms with Gasteiger partial charge in [0.15, 0.2) is 16.7 Å². The highest BCUT2D eigenvalue weighted by Crippen LogP contribution is 2.21. The van der Waals surface area contributed by atoms with Gasteiger partial charge in [-0.3, -0.25) is 9.20 Å². The molecule has 0 radical (unpaired) electrons. The number of halogens is 1. The molecular formula is C14H13ClN6O. The molecule has 0 N–H and O–H groups in total. The first-order valence-corrected chi connectivity index (χ1v) is 7.33. The predicted octanol–water partition coefficient (Wildman–Crippen LogP) is 1.54. The van der Waals surface area contributed by atoms with E-state index >= 15 is 0 Å². The molecule has 0 atom stereocenters. The highest BCUT2D eigenvalue weighted by atomic mass is 35.5. The second kappa shape index (κ2) is 4.81. The number of carbonyl (C=O) groups excluding carboxylic acids is 1. The number of imidazole rings is 1. The van der Waals surface area contributed by atoms with Gasteiger partial charge in [-0.05, 0) is 19.1 Å². The molecule has 3 aromatic rings. The molecule has 3 aromatic heterocycles. The average Bonchev–Trinajstić information content (AvgIpc) is 3.06. The van der Waals surface area contributed by atoms with Crippen molar-refractivity contribution >= 4 is 23.2 Å². The van der Waals surface area contributed by atoms with E-state index in [0.717, 1.165) is 11.6 Å². The smallest absolute Gasteiger partial charge is 0.274 e. The van der Waals surface area contributed by atoms with E-state index in [4.69, 9.17) is 11.6 Å². The summed E-state index contributed by atoms with van der Waals surface area (Å²) >= 11 is 6.17. The summed E-state index contributed by atoms with van der Waals surface area (Å²) in [5, 5.41) is 8.39. The van der Waals surface area contributed by atoms with Gasteiger partial charge in [0.05, 0.1) is 6.54 Å². The van der Waals surface area contributed by atoms with Gasteiger partial charge in [0.25, 0.3) is 5.91 Å². The molecule has 0 saturated heterocycles. The largest absolute Gasteiger partial charge is 0.328 e. The molecule has 0 saturated carbocycles. The van der Waals surface area contributed by atoms with Gasteiger partial charge in [-0.1, -0.05) is 17.7 Å². The van der Waals surface area contributed by atoms with Crippen molar-refractivity contribution in [3.63, 3.8) is 0 Å². The lowest BCUT2D eigenvalue weighted by atomic mass is 10.3. The van der Waals surface area contributed by atoms with E-state index in [1.807, 2.05) is 29.7 Å². The Balaban J connectivity index is 1.71. The number of carbonyl (C=O) groups is 1. The number of nitrogens with zero attached hydrogens (tertiary/aromatic N) is 6. The van der Waals surface area contributed by atoms with E-state index in [2.05, 4.69) is 15.2 Å². The van der Waals surface area contributed by atoms with Crippen molar-refractivity contribution in [2.75, 3.05) is 6.54 Å². The van der Waals surface area contributed by atoms with Crippen LogP contribution in [0.1, 0.15) is 22.1 Å². The molecule has 112 valence electrons. The highest BCUT2D eigenvalue weighted by molar-refractivity contribution is 6.32. The van der Waals surface area contributed by atoms with E-state index in [9.17, 15) is 4.79 Å². The van der Waals surface area contributed by atoms with Crippen LogP contribution in [0, 0.1) is 6.92 Å². The average molecular weight is 317 g/mol. The van der Waals surface area contributed by atoms with Gasteiger partial charge in [0, 0.05) is 19.3 Å². The van der Waals surface area contributed by atoms with Crippen molar-refractivity contribution in [1.29, 1.82) is 0 Å². The van der Waals surface area contributed by atoms with Gasteiger partial charge in [0.2, 0.25) is 0 Å². The monoisotopic (exact) mass is 316 g/mol. The van der Waals surface area contributed by atoms with Crippen molar-refractivity contribution in [2.45, 2.75) is 20.0 Å². The molecule has 0 spiro atoms. The fourth-order valence-corrected chi connectivity index (χ4v) is 3.04. The molecule has 0 unspecified atom stereocenters. The quantitative estimate of drug-likeness (QED) is 0.683. The zero-order valence-corrected chi connectivity index (χ0v) is 12.7. The fraction of sp³-hybridized carbons (Fsp3) is 0.286. The van der Waals surface area contributed by atoms with Crippen LogP contribution in [0.5, 0.6) is 0 Å². The van der Waals surface area contributed by atoms with Crippen LogP contribution in [-0.4, -0.2) is 41.5 Å². The second-order valence-corrected chi connectivity index (χ2v) is 5.58. The summed E-state index contributed by atoms with van der Waals surface area (Å²) in [5.74, 6) is 1.52. The number of aryl methyl sites for hydroxylation is 1. The number of hydrogen-bond donors (Lipinski definition) is 0. The Morgan fingerprint density at radius 3 is 3.00 bits per heavy atom. The van der Waals surface area contributed by atoms with Crippen molar-refractivity contribution < 1.29 is 4.79 Å². The molecule has 8 heteroatoms. The molecule has 1 amide bonds. The summed E-state index contributed by atoms with van der Waals surface area (Å²) in [5.41, 5.74) is 1.05. The van der Waals surface area contributed by atoms with Crippen molar-refractivity contribution in [2.24, 2.45) is 0 Å². The molecule has 4 heterocycles. The normalized spacial score (nSPS) is 14.4. The van der Waals surface area contributed by atoms with Crippen LogP contribution in [0.2, 0.25) is 5.15 Å². The van der Waals surface area contributed by atoms with Gasteiger partial charge < -0.3 is 9.47 Å². The maximum absolute atomic E-state index is 12.8. The lowest BCUT2D eigenvalue weighted by molar-refractivity contribution is 0.0700. The Morgan fingerprint density at radius 2 is 2.14 bits per heavy atom. The molecule has 0 fully saturated rings. The van der Waals surface area contributed by atoms with Crippen molar-refractivity contribution in [1.82, 2.24) is 29.0 Å². The SMILES string of the molecule is Cc1nnc2n1CCN(C(=O)c1c(Cl)nc3ccccn13)C2. The minimum Gasteiger partial charge on any atom is -0.328 e. The third kappa shape index (κ3) is 1.89. The first-order chi connectivity index (χ1) is 10.6. The maximum atomic E-state index is 12.8. The second-order valence-electron chi connectivity index (χ2n) is 5.22. The third-order valence-electron chi connectivity index (χ3n) is 3.92. The zero-order valence-electron chi connectivity index (χ0n) is 11.9. The first-order valence-electron chi connectivity index (χ1n) is 6.95. The molecule has 22 heavy (non-hydrogen) atoms. The topological polar surface area (TPSA) is 68.3 Å². The summed E-state index contributed by atoms with van der Waals surface area (Å²) in [4.78, 5) is 18.8. The molecule has 1 aliphatic heterocycles. The van der Waals surface area contributed by atoms with Crippen LogP contribution in [0.15, 0.2) is 24.4 Å². The van der Waals surface area contributed by atoms with Crippen LogP contribution in [0.4, 0.5) is 0 Å². The van der Waals surface area contributed by atoms with E-state index in [1.54, 1.807) is 15.5 Å². The van der Waals surface area contributed by atoms with Gasteiger partial charge in [-0.2, -0.15) is 0 Å². The molecule has 0 aliphatic carbocycles. The van der Waals surface area contributed by atoms with Gasteiger partial charge in [0.1, 0.15) is 11.5 Å². The number of rotatable bonds is 1. The summed E-state index contributed by atoms with van der Waals surface area (Å²) in [6.45, 7) is 3.63. The molecule has 0 bridgehead atoms. The van der Waals surface area contributed by atoms with Crippen LogP contribution in [0.3, 0.4) is 0 Å². The lowest BCUT2D eigenvalue weighted by Gasteiger charge is -2.27. The van der Waals surface area contributed by atoms with E-state index in [1.165, 1.54) is 0 Å². The Morgan fingerprint density at radius 1 is 1.27 bits per heavy atom.